The molecule has 0 spiro atoms. The first-order valence-electron chi connectivity index (χ1n) is 4.47. The van der Waals surface area contributed by atoms with Crippen molar-refractivity contribution in [3.8, 4) is 5.75 Å². The molecule has 0 aliphatic heterocycles. The van der Waals surface area contributed by atoms with E-state index in [0.29, 0.717) is 6.07 Å². The molecule has 0 unspecified atom stereocenters. The number of halogens is 1. The standard InChI is InChI=1S/C8H5BrN3O7.K/c1-19-7-5(9)2-4(3-6(7)10(13)14)8(11(15)16)12(17)18;/h2-3H,1H3;/q-1;+1. The van der Waals surface area contributed by atoms with Gasteiger partial charge in [-0.2, -0.15) is 0 Å². The Kier molecular flexibility index (Phi) is 7.54. The van der Waals surface area contributed by atoms with Crippen molar-refractivity contribution in [3.05, 3.63) is 58.7 Å². The number of benzene rings is 1. The van der Waals surface area contributed by atoms with Gasteiger partial charge in [0.05, 0.1) is 21.9 Å². The molecule has 12 heteroatoms. The average molecular weight is 374 g/mol. The van der Waals surface area contributed by atoms with Crippen LogP contribution < -0.4 is 56.1 Å². The zero-order valence-electron chi connectivity index (χ0n) is 10.2. The molecule has 0 saturated heterocycles. The van der Waals surface area contributed by atoms with Crippen LogP contribution in [0.5, 0.6) is 5.75 Å². The van der Waals surface area contributed by atoms with Crippen molar-refractivity contribution in [2.45, 2.75) is 0 Å². The van der Waals surface area contributed by atoms with Crippen LogP contribution in [0.2, 0.25) is 0 Å². The van der Waals surface area contributed by atoms with Crippen LogP contribution in [0.15, 0.2) is 16.6 Å². The second kappa shape index (κ2) is 7.85. The molecule has 20 heavy (non-hydrogen) atoms. The van der Waals surface area contributed by atoms with E-state index in [1.165, 1.54) is 7.11 Å². The summed E-state index contributed by atoms with van der Waals surface area (Å²) in [6, 6.07) is 1.72. The second-order valence-electron chi connectivity index (χ2n) is 3.11. The third-order valence-electron chi connectivity index (χ3n) is 2.03. The first-order chi connectivity index (χ1) is 8.79. The zero-order valence-corrected chi connectivity index (χ0v) is 14.9. The molecule has 0 aromatic heterocycles. The van der Waals surface area contributed by atoms with Gasteiger partial charge in [0.15, 0.2) is 5.75 Å². The fraction of sp³-hybridized carbons (Fsp3) is 0.125. The monoisotopic (exact) mass is 373 g/mol. The summed E-state index contributed by atoms with van der Waals surface area (Å²) in [4.78, 5) is 28.7. The largest absolute Gasteiger partial charge is 1.00 e. The van der Waals surface area contributed by atoms with E-state index in [9.17, 15) is 30.3 Å². The Bertz CT molecular complexity index is 553. The van der Waals surface area contributed by atoms with E-state index in [0.717, 1.165) is 6.07 Å². The Labute approximate surface area is 162 Å². The fourth-order valence-corrected chi connectivity index (χ4v) is 1.93. The zero-order chi connectivity index (χ0) is 14.7. The van der Waals surface area contributed by atoms with Gasteiger partial charge in [0.25, 0.3) is 5.69 Å². The fourth-order valence-electron chi connectivity index (χ4n) is 1.32. The summed E-state index contributed by atoms with van der Waals surface area (Å²) in [7, 11) is 1.17. The summed E-state index contributed by atoms with van der Waals surface area (Å²) in [5.41, 5.74) is -1.12. The van der Waals surface area contributed by atoms with Crippen LogP contribution in [0.1, 0.15) is 5.56 Å². The van der Waals surface area contributed by atoms with Gasteiger partial charge in [0.1, 0.15) is 0 Å². The minimum atomic E-state index is -1.36. The van der Waals surface area contributed by atoms with Crippen LogP contribution in [0.25, 0.3) is 0 Å². The van der Waals surface area contributed by atoms with Crippen LogP contribution in [0, 0.1) is 36.5 Å². The molecule has 102 valence electrons. The van der Waals surface area contributed by atoms with Crippen LogP contribution >= 0.6 is 15.9 Å². The Balaban J connectivity index is 0.00000361. The summed E-state index contributed by atoms with van der Waals surface area (Å²) in [5.74, 6) is -0.181. The molecule has 1 aromatic rings. The number of ether oxygens (including phenoxy) is 1. The van der Waals surface area contributed by atoms with E-state index in [2.05, 4.69) is 15.9 Å². The molecule has 10 nitrogen and oxygen atoms in total. The maximum Gasteiger partial charge on any atom is 1.00 e. The summed E-state index contributed by atoms with van der Waals surface area (Å²) >= 11 is 2.91. The van der Waals surface area contributed by atoms with Crippen molar-refractivity contribution in [1.82, 2.24) is 0 Å². The van der Waals surface area contributed by atoms with Gasteiger partial charge in [-0.3, -0.25) is 30.3 Å². The molecule has 0 fully saturated rings. The van der Waals surface area contributed by atoms with Crippen molar-refractivity contribution >= 4 is 21.6 Å². The summed E-state index contributed by atoms with van der Waals surface area (Å²) in [6.07, 6.45) is -1.36. The van der Waals surface area contributed by atoms with Crippen LogP contribution in [0.4, 0.5) is 5.69 Å². The van der Waals surface area contributed by atoms with Crippen LogP contribution in [0.3, 0.4) is 0 Å². The first-order valence-corrected chi connectivity index (χ1v) is 5.27. The van der Waals surface area contributed by atoms with Gasteiger partial charge in [0, 0.05) is 4.47 Å². The minimum Gasteiger partial charge on any atom is -0.491 e. The van der Waals surface area contributed by atoms with Gasteiger partial charge in [0.2, 0.25) is 0 Å². The van der Waals surface area contributed by atoms with Crippen molar-refractivity contribution in [2.75, 3.05) is 7.11 Å². The predicted octanol–water partition coefficient (Wildman–Crippen LogP) is -1.24. The molecule has 0 bridgehead atoms. The van der Waals surface area contributed by atoms with Gasteiger partial charge >= 0.3 is 57.6 Å². The Morgan fingerprint density at radius 2 is 1.65 bits per heavy atom. The average Bonchev–Trinajstić information content (AvgIpc) is 2.26. The summed E-state index contributed by atoms with van der Waals surface area (Å²) in [5, 5.41) is 32.0. The van der Waals surface area contributed by atoms with E-state index in [4.69, 9.17) is 4.74 Å². The van der Waals surface area contributed by atoms with E-state index in [1.54, 1.807) is 0 Å². The Morgan fingerprint density at radius 3 is 2.00 bits per heavy atom. The van der Waals surface area contributed by atoms with Crippen molar-refractivity contribution in [3.63, 3.8) is 0 Å². The van der Waals surface area contributed by atoms with Crippen molar-refractivity contribution < 1.29 is 70.9 Å². The van der Waals surface area contributed by atoms with Crippen molar-refractivity contribution in [1.29, 1.82) is 0 Å². The topological polar surface area (TPSA) is 139 Å². The first kappa shape index (κ1) is 19.2. The van der Waals surface area contributed by atoms with Gasteiger partial charge in [-0.05, 0) is 5.56 Å². The minimum absolute atomic E-state index is 0. The van der Waals surface area contributed by atoms with Gasteiger partial charge in [-0.1, -0.05) is 22.0 Å². The normalized spacial score (nSPS) is 9.30. The summed E-state index contributed by atoms with van der Waals surface area (Å²) < 4.78 is 4.76. The number of rotatable bonds is 5. The number of nitrogens with zero attached hydrogens (tertiary/aromatic N) is 3. The maximum absolute atomic E-state index is 10.8. The number of nitro groups is 3. The SMILES string of the molecule is COc1c(Br)cc([C-]([N+](=O)[O-])[N+](=O)[O-])cc1[N+](=O)[O-].[K+]. The molecular formula is C8H5BrKN3O7. The Morgan fingerprint density at radius 1 is 1.15 bits per heavy atom. The van der Waals surface area contributed by atoms with Gasteiger partial charge < -0.3 is 4.74 Å². The Hall–Kier alpha value is -0.794. The third kappa shape index (κ3) is 4.10. The van der Waals surface area contributed by atoms with E-state index in [1.807, 2.05) is 0 Å². The van der Waals surface area contributed by atoms with E-state index in [-0.39, 0.29) is 61.6 Å². The van der Waals surface area contributed by atoms with E-state index < -0.39 is 32.2 Å². The molecular weight excluding hydrogens is 369 g/mol. The maximum atomic E-state index is 10.8. The molecule has 0 amide bonds. The molecule has 0 aliphatic carbocycles. The quantitative estimate of drug-likeness (QED) is 0.272. The van der Waals surface area contributed by atoms with Gasteiger partial charge in [-0.15, -0.1) is 6.07 Å². The number of hydrogen-bond donors (Lipinski definition) is 0. The number of methoxy groups -OCH3 is 1. The third-order valence-corrected chi connectivity index (χ3v) is 2.62. The second-order valence-corrected chi connectivity index (χ2v) is 3.96. The predicted molar refractivity (Wildman–Crippen MR) is 63.7 cm³/mol. The molecule has 0 aliphatic rings. The van der Waals surface area contributed by atoms with E-state index >= 15 is 0 Å². The molecule has 0 saturated carbocycles. The molecule has 1 aromatic carbocycles. The molecule has 0 heterocycles. The van der Waals surface area contributed by atoms with Gasteiger partial charge in [-0.25, -0.2) is 0 Å². The van der Waals surface area contributed by atoms with Crippen molar-refractivity contribution in [2.24, 2.45) is 0 Å². The molecule has 0 radical (unpaired) electrons. The van der Waals surface area contributed by atoms with Crippen LogP contribution in [-0.4, -0.2) is 21.9 Å². The molecule has 0 atom stereocenters. The van der Waals surface area contributed by atoms with Crippen LogP contribution in [-0.2, 0) is 0 Å². The molecule has 1 rings (SSSR count). The summed E-state index contributed by atoms with van der Waals surface area (Å²) in [6.45, 7) is 0. The number of nitro benzene ring substituents is 1. The smallest absolute Gasteiger partial charge is 0.491 e. The molecule has 0 N–H and O–H groups in total. The number of hydrogen-bond acceptors (Lipinski definition) is 7.